The highest BCUT2D eigenvalue weighted by atomic mass is 16.5. The Labute approximate surface area is 117 Å². The summed E-state index contributed by atoms with van der Waals surface area (Å²) < 4.78 is 5.40. The highest BCUT2D eigenvalue weighted by Gasteiger charge is 2.35. The van der Waals surface area contributed by atoms with Crippen LogP contribution in [0.2, 0.25) is 0 Å². The molecule has 0 amide bonds. The number of ether oxygens (including phenoxy) is 1. The summed E-state index contributed by atoms with van der Waals surface area (Å²) in [5, 5.41) is 0. The van der Waals surface area contributed by atoms with Crippen LogP contribution in [0.4, 0.5) is 0 Å². The molecule has 1 aromatic rings. The van der Waals surface area contributed by atoms with E-state index >= 15 is 0 Å². The first-order valence-electron chi connectivity index (χ1n) is 7.16. The fourth-order valence-corrected chi connectivity index (χ4v) is 3.27. The molecule has 0 fully saturated rings. The van der Waals surface area contributed by atoms with Crippen LogP contribution in [0.5, 0.6) is 5.75 Å². The molecule has 1 atom stereocenters. The Kier molecular flexibility index (Phi) is 4.18. The zero-order valence-corrected chi connectivity index (χ0v) is 12.6. The molecule has 0 spiro atoms. The monoisotopic (exact) mass is 259 g/mol. The average molecular weight is 259 g/mol. The summed E-state index contributed by atoms with van der Waals surface area (Å²) in [6, 6.07) is 8.59. The summed E-state index contributed by atoms with van der Waals surface area (Å²) in [7, 11) is 3.90. The molecule has 1 aromatic carbocycles. The molecule has 1 aliphatic rings. The van der Waals surface area contributed by atoms with E-state index in [1.54, 1.807) is 7.11 Å². The molecule has 1 heterocycles. The predicted molar refractivity (Wildman–Crippen MR) is 80.6 cm³/mol. The van der Waals surface area contributed by atoms with Crippen molar-refractivity contribution in [3.8, 4) is 5.75 Å². The van der Waals surface area contributed by atoms with Crippen LogP contribution in [0.25, 0.3) is 0 Å². The van der Waals surface area contributed by atoms with Crippen molar-refractivity contribution in [3.05, 3.63) is 41.6 Å². The topological polar surface area (TPSA) is 12.5 Å². The van der Waals surface area contributed by atoms with Gasteiger partial charge in [0.15, 0.2) is 0 Å². The molecule has 2 heteroatoms. The SMILES string of the molecule is CCCC1(c2cccc(OC)c2)CCN(C)C=C1C. The van der Waals surface area contributed by atoms with Crippen molar-refractivity contribution < 1.29 is 4.74 Å². The zero-order chi connectivity index (χ0) is 13.9. The molecule has 0 aromatic heterocycles. The van der Waals surface area contributed by atoms with Gasteiger partial charge in [-0.25, -0.2) is 0 Å². The van der Waals surface area contributed by atoms with E-state index in [-0.39, 0.29) is 5.41 Å². The third kappa shape index (κ3) is 2.63. The Morgan fingerprint density at radius 1 is 1.37 bits per heavy atom. The lowest BCUT2D eigenvalue weighted by molar-refractivity contribution is 0.307. The summed E-state index contributed by atoms with van der Waals surface area (Å²) in [5.74, 6) is 0.958. The Bertz CT molecular complexity index is 466. The first-order valence-corrected chi connectivity index (χ1v) is 7.16. The van der Waals surface area contributed by atoms with Gasteiger partial charge in [-0.1, -0.05) is 25.5 Å². The molecule has 2 rings (SSSR count). The van der Waals surface area contributed by atoms with E-state index in [1.807, 2.05) is 6.07 Å². The molecule has 0 radical (unpaired) electrons. The van der Waals surface area contributed by atoms with Gasteiger partial charge in [0.2, 0.25) is 0 Å². The first-order chi connectivity index (χ1) is 9.12. The van der Waals surface area contributed by atoms with Crippen molar-refractivity contribution in [1.29, 1.82) is 0 Å². The van der Waals surface area contributed by atoms with Gasteiger partial charge in [-0.2, -0.15) is 0 Å². The van der Waals surface area contributed by atoms with Crippen LogP contribution in [0, 0.1) is 0 Å². The van der Waals surface area contributed by atoms with Crippen LogP contribution in [-0.4, -0.2) is 25.6 Å². The van der Waals surface area contributed by atoms with Gasteiger partial charge in [-0.15, -0.1) is 0 Å². The van der Waals surface area contributed by atoms with Crippen molar-refractivity contribution in [2.45, 2.75) is 38.5 Å². The molecule has 19 heavy (non-hydrogen) atoms. The second kappa shape index (κ2) is 5.68. The molecule has 0 N–H and O–H groups in total. The third-order valence-electron chi connectivity index (χ3n) is 4.36. The molecule has 1 aliphatic heterocycles. The minimum absolute atomic E-state index is 0.190. The van der Waals surface area contributed by atoms with E-state index in [9.17, 15) is 0 Å². The van der Waals surface area contributed by atoms with Crippen LogP contribution < -0.4 is 4.74 Å². The molecular weight excluding hydrogens is 234 g/mol. The Hall–Kier alpha value is -1.44. The molecule has 1 unspecified atom stereocenters. The Balaban J connectivity index is 2.47. The number of nitrogens with zero attached hydrogens (tertiary/aromatic N) is 1. The quantitative estimate of drug-likeness (QED) is 0.811. The maximum absolute atomic E-state index is 5.40. The van der Waals surface area contributed by atoms with Crippen molar-refractivity contribution in [1.82, 2.24) is 4.90 Å². The van der Waals surface area contributed by atoms with Gasteiger partial charge < -0.3 is 9.64 Å². The van der Waals surface area contributed by atoms with Crippen molar-refractivity contribution >= 4 is 0 Å². The Morgan fingerprint density at radius 2 is 2.16 bits per heavy atom. The standard InChI is InChI=1S/C17H25NO/c1-5-9-17(10-11-18(3)13-14(17)2)15-7-6-8-16(12-15)19-4/h6-8,12-13H,5,9-11H2,1-4H3. The molecular formula is C17H25NO. The smallest absolute Gasteiger partial charge is 0.119 e. The number of hydrogen-bond acceptors (Lipinski definition) is 2. The van der Waals surface area contributed by atoms with Gasteiger partial charge >= 0.3 is 0 Å². The lowest BCUT2D eigenvalue weighted by Gasteiger charge is -2.41. The van der Waals surface area contributed by atoms with E-state index in [2.05, 4.69) is 50.2 Å². The highest BCUT2D eigenvalue weighted by molar-refractivity contribution is 5.41. The van der Waals surface area contributed by atoms with Crippen LogP contribution in [0.1, 0.15) is 38.7 Å². The van der Waals surface area contributed by atoms with Gasteiger partial charge in [-0.3, -0.25) is 0 Å². The van der Waals surface area contributed by atoms with Gasteiger partial charge in [0.05, 0.1) is 7.11 Å². The van der Waals surface area contributed by atoms with Crippen molar-refractivity contribution in [3.63, 3.8) is 0 Å². The average Bonchev–Trinajstić information content (AvgIpc) is 2.42. The first kappa shape index (κ1) is 14.0. The second-order valence-electron chi connectivity index (χ2n) is 5.61. The van der Waals surface area contributed by atoms with Crippen molar-refractivity contribution in [2.75, 3.05) is 20.7 Å². The number of benzene rings is 1. The maximum atomic E-state index is 5.40. The molecule has 0 saturated carbocycles. The van der Waals surface area contributed by atoms with Gasteiger partial charge in [0.1, 0.15) is 5.75 Å². The lowest BCUT2D eigenvalue weighted by Crippen LogP contribution is -2.36. The second-order valence-corrected chi connectivity index (χ2v) is 5.61. The van der Waals surface area contributed by atoms with E-state index in [0.717, 1.165) is 12.3 Å². The maximum Gasteiger partial charge on any atom is 0.119 e. The van der Waals surface area contributed by atoms with E-state index in [1.165, 1.54) is 30.4 Å². The van der Waals surface area contributed by atoms with Gasteiger partial charge in [0, 0.05) is 19.0 Å². The van der Waals surface area contributed by atoms with Crippen LogP contribution in [-0.2, 0) is 5.41 Å². The minimum atomic E-state index is 0.190. The van der Waals surface area contributed by atoms with Crippen LogP contribution in [0.3, 0.4) is 0 Å². The number of rotatable bonds is 4. The largest absolute Gasteiger partial charge is 0.497 e. The molecule has 0 bridgehead atoms. The molecule has 104 valence electrons. The highest BCUT2D eigenvalue weighted by Crippen LogP contribution is 2.43. The van der Waals surface area contributed by atoms with Crippen molar-refractivity contribution in [2.24, 2.45) is 0 Å². The van der Waals surface area contributed by atoms with E-state index in [4.69, 9.17) is 4.74 Å². The Morgan fingerprint density at radius 3 is 2.79 bits per heavy atom. The van der Waals surface area contributed by atoms with Crippen LogP contribution in [0.15, 0.2) is 36.0 Å². The fraction of sp³-hybridized carbons (Fsp3) is 0.529. The normalized spacial score (nSPS) is 23.2. The van der Waals surface area contributed by atoms with Crippen LogP contribution >= 0.6 is 0 Å². The third-order valence-corrected chi connectivity index (χ3v) is 4.36. The number of allylic oxidation sites excluding steroid dienone is 1. The van der Waals surface area contributed by atoms with Gasteiger partial charge in [0.25, 0.3) is 0 Å². The molecule has 2 nitrogen and oxygen atoms in total. The molecule has 0 aliphatic carbocycles. The summed E-state index contributed by atoms with van der Waals surface area (Å²) in [4.78, 5) is 2.30. The predicted octanol–water partition coefficient (Wildman–Crippen LogP) is 3.97. The fourth-order valence-electron chi connectivity index (χ4n) is 3.27. The summed E-state index contributed by atoms with van der Waals surface area (Å²) in [5.41, 5.74) is 3.06. The van der Waals surface area contributed by atoms with E-state index in [0.29, 0.717) is 0 Å². The number of methoxy groups -OCH3 is 1. The van der Waals surface area contributed by atoms with E-state index < -0.39 is 0 Å². The number of hydrogen-bond donors (Lipinski definition) is 0. The minimum Gasteiger partial charge on any atom is -0.497 e. The summed E-state index contributed by atoms with van der Waals surface area (Å²) in [6.07, 6.45) is 5.90. The molecule has 0 saturated heterocycles. The summed E-state index contributed by atoms with van der Waals surface area (Å²) in [6.45, 7) is 5.66. The zero-order valence-electron chi connectivity index (χ0n) is 12.6. The van der Waals surface area contributed by atoms with Gasteiger partial charge in [-0.05, 0) is 49.2 Å². The lowest BCUT2D eigenvalue weighted by atomic mass is 9.68. The summed E-state index contributed by atoms with van der Waals surface area (Å²) >= 11 is 0.